The second-order valence-corrected chi connectivity index (χ2v) is 5.16. The summed E-state index contributed by atoms with van der Waals surface area (Å²) < 4.78 is 1.08. The van der Waals surface area contributed by atoms with Gasteiger partial charge in [-0.2, -0.15) is 0 Å². The largest absolute Gasteiger partial charge is 0.387 e. The van der Waals surface area contributed by atoms with E-state index in [2.05, 4.69) is 15.9 Å². The van der Waals surface area contributed by atoms with Gasteiger partial charge in [-0.3, -0.25) is 0 Å². The fraction of sp³-hybridized carbons (Fsp3) is 0.556. The Morgan fingerprint density at radius 1 is 1.58 bits per heavy atom. The van der Waals surface area contributed by atoms with E-state index in [9.17, 15) is 5.11 Å². The fourth-order valence-electron chi connectivity index (χ4n) is 1.47. The molecular weight excluding hydrogens is 236 g/mol. The summed E-state index contributed by atoms with van der Waals surface area (Å²) >= 11 is 5.03. The molecule has 1 fully saturated rings. The second kappa shape index (κ2) is 3.48. The van der Waals surface area contributed by atoms with Crippen molar-refractivity contribution < 1.29 is 5.11 Å². The van der Waals surface area contributed by atoms with Gasteiger partial charge in [0.15, 0.2) is 0 Å². The highest BCUT2D eigenvalue weighted by Gasteiger charge is 2.27. The van der Waals surface area contributed by atoms with Crippen molar-refractivity contribution >= 4 is 27.3 Å². The Labute approximate surface area is 84.6 Å². The number of aliphatic hydroxyl groups excluding tert-OH is 1. The molecule has 1 nitrogen and oxygen atoms in total. The SMILES string of the molecule is OC(c1cc(Br)cs1)C1CCC1. The molecule has 3 heteroatoms. The van der Waals surface area contributed by atoms with E-state index >= 15 is 0 Å². The lowest BCUT2D eigenvalue weighted by atomic mass is 9.81. The van der Waals surface area contributed by atoms with Crippen molar-refractivity contribution in [3.8, 4) is 0 Å². The zero-order valence-electron chi connectivity index (χ0n) is 6.66. The molecule has 0 radical (unpaired) electrons. The van der Waals surface area contributed by atoms with E-state index in [1.54, 1.807) is 11.3 Å². The van der Waals surface area contributed by atoms with Gasteiger partial charge in [-0.25, -0.2) is 0 Å². The number of aliphatic hydroxyl groups is 1. The quantitative estimate of drug-likeness (QED) is 0.849. The third kappa shape index (κ3) is 1.58. The number of thiophene rings is 1. The Morgan fingerprint density at radius 3 is 2.75 bits per heavy atom. The summed E-state index contributed by atoms with van der Waals surface area (Å²) in [6.45, 7) is 0. The first kappa shape index (κ1) is 8.73. The molecule has 0 amide bonds. The van der Waals surface area contributed by atoms with Gasteiger partial charge in [-0.1, -0.05) is 6.42 Å². The van der Waals surface area contributed by atoms with Gasteiger partial charge >= 0.3 is 0 Å². The van der Waals surface area contributed by atoms with Gasteiger partial charge < -0.3 is 5.11 Å². The van der Waals surface area contributed by atoms with Gasteiger partial charge in [0.05, 0.1) is 6.10 Å². The lowest BCUT2D eigenvalue weighted by Gasteiger charge is -2.29. The highest BCUT2D eigenvalue weighted by atomic mass is 79.9. The summed E-state index contributed by atoms with van der Waals surface area (Å²) in [6, 6.07) is 2.02. The molecule has 0 aliphatic heterocycles. The van der Waals surface area contributed by atoms with Crippen LogP contribution >= 0.6 is 27.3 Å². The maximum absolute atomic E-state index is 9.84. The minimum Gasteiger partial charge on any atom is -0.387 e. The zero-order valence-corrected chi connectivity index (χ0v) is 9.07. The first-order valence-electron chi connectivity index (χ1n) is 4.19. The topological polar surface area (TPSA) is 20.2 Å². The molecule has 1 aliphatic carbocycles. The van der Waals surface area contributed by atoms with E-state index in [0.717, 1.165) is 9.35 Å². The molecule has 1 N–H and O–H groups in total. The van der Waals surface area contributed by atoms with E-state index in [0.29, 0.717) is 5.92 Å². The van der Waals surface area contributed by atoms with E-state index in [4.69, 9.17) is 0 Å². The van der Waals surface area contributed by atoms with Crippen LogP contribution in [0.4, 0.5) is 0 Å². The summed E-state index contributed by atoms with van der Waals surface area (Å²) in [5.41, 5.74) is 0. The molecule has 0 bridgehead atoms. The van der Waals surface area contributed by atoms with Crippen LogP contribution in [0, 0.1) is 5.92 Å². The third-order valence-electron chi connectivity index (χ3n) is 2.48. The average Bonchev–Trinajstić information content (AvgIpc) is 2.31. The van der Waals surface area contributed by atoms with Gasteiger partial charge in [0, 0.05) is 14.7 Å². The Kier molecular flexibility index (Phi) is 2.53. The van der Waals surface area contributed by atoms with E-state index in [1.807, 2.05) is 11.4 Å². The van der Waals surface area contributed by atoms with Gasteiger partial charge in [-0.15, -0.1) is 11.3 Å². The molecule has 0 aromatic carbocycles. The Morgan fingerprint density at radius 2 is 2.33 bits per heavy atom. The van der Waals surface area contributed by atoms with Gasteiger partial charge in [0.25, 0.3) is 0 Å². The predicted molar refractivity (Wildman–Crippen MR) is 54.3 cm³/mol. The van der Waals surface area contributed by atoms with Crippen LogP contribution in [0.3, 0.4) is 0 Å². The van der Waals surface area contributed by atoms with Gasteiger partial charge in [0.1, 0.15) is 0 Å². The Bertz CT molecular complexity index is 267. The molecule has 0 saturated heterocycles. The molecule has 1 atom stereocenters. The average molecular weight is 247 g/mol. The summed E-state index contributed by atoms with van der Waals surface area (Å²) in [6.07, 6.45) is 3.46. The highest BCUT2D eigenvalue weighted by molar-refractivity contribution is 9.10. The Balaban J connectivity index is 2.08. The summed E-state index contributed by atoms with van der Waals surface area (Å²) in [5, 5.41) is 11.9. The molecule has 1 heterocycles. The maximum atomic E-state index is 9.84. The van der Waals surface area contributed by atoms with Crippen molar-refractivity contribution in [2.24, 2.45) is 5.92 Å². The molecule has 0 spiro atoms. The van der Waals surface area contributed by atoms with Crippen LogP contribution in [0.15, 0.2) is 15.9 Å². The van der Waals surface area contributed by atoms with E-state index in [1.165, 1.54) is 19.3 Å². The minimum absolute atomic E-state index is 0.213. The normalized spacial score (nSPS) is 20.5. The van der Waals surface area contributed by atoms with Crippen LogP contribution in [0.1, 0.15) is 30.2 Å². The van der Waals surface area contributed by atoms with Crippen molar-refractivity contribution in [1.82, 2.24) is 0 Å². The summed E-state index contributed by atoms with van der Waals surface area (Å²) in [4.78, 5) is 1.10. The molecule has 1 unspecified atom stereocenters. The molecule has 2 rings (SSSR count). The lowest BCUT2D eigenvalue weighted by Crippen LogP contribution is -2.19. The summed E-state index contributed by atoms with van der Waals surface area (Å²) in [5.74, 6) is 0.524. The molecule has 1 aliphatic rings. The van der Waals surface area contributed by atoms with Crippen LogP contribution in [0.25, 0.3) is 0 Å². The number of rotatable bonds is 2. The number of hydrogen-bond acceptors (Lipinski definition) is 2. The van der Waals surface area contributed by atoms with Crippen LogP contribution < -0.4 is 0 Å². The fourth-order valence-corrected chi connectivity index (χ4v) is 2.99. The molecule has 1 saturated carbocycles. The van der Waals surface area contributed by atoms with Crippen molar-refractivity contribution in [1.29, 1.82) is 0 Å². The first-order valence-corrected chi connectivity index (χ1v) is 5.86. The van der Waals surface area contributed by atoms with E-state index in [-0.39, 0.29) is 6.10 Å². The lowest BCUT2D eigenvalue weighted by molar-refractivity contribution is 0.0649. The molecule has 12 heavy (non-hydrogen) atoms. The third-order valence-corrected chi connectivity index (χ3v) is 4.24. The van der Waals surface area contributed by atoms with Crippen LogP contribution in [0.2, 0.25) is 0 Å². The zero-order chi connectivity index (χ0) is 8.55. The minimum atomic E-state index is -0.213. The summed E-state index contributed by atoms with van der Waals surface area (Å²) in [7, 11) is 0. The van der Waals surface area contributed by atoms with Crippen LogP contribution in [0.5, 0.6) is 0 Å². The molecule has 66 valence electrons. The second-order valence-electron chi connectivity index (χ2n) is 3.30. The first-order chi connectivity index (χ1) is 5.77. The molecular formula is C9H11BrOS. The van der Waals surface area contributed by atoms with Gasteiger partial charge in [-0.05, 0) is 40.8 Å². The van der Waals surface area contributed by atoms with Crippen molar-refractivity contribution in [2.75, 3.05) is 0 Å². The Hall–Kier alpha value is 0.140. The number of halogens is 1. The number of hydrogen-bond donors (Lipinski definition) is 1. The smallest absolute Gasteiger partial charge is 0.0910 e. The standard InChI is InChI=1S/C9H11BrOS/c10-7-4-8(12-5-7)9(11)6-2-1-3-6/h4-6,9,11H,1-3H2. The van der Waals surface area contributed by atoms with Crippen LogP contribution in [-0.2, 0) is 0 Å². The van der Waals surface area contributed by atoms with Crippen molar-refractivity contribution in [3.05, 3.63) is 20.8 Å². The van der Waals surface area contributed by atoms with Crippen LogP contribution in [-0.4, -0.2) is 5.11 Å². The maximum Gasteiger partial charge on any atom is 0.0910 e. The van der Waals surface area contributed by atoms with E-state index < -0.39 is 0 Å². The highest BCUT2D eigenvalue weighted by Crippen LogP contribution is 2.40. The molecule has 1 aromatic rings. The monoisotopic (exact) mass is 246 g/mol. The predicted octanol–water partition coefficient (Wildman–Crippen LogP) is 3.34. The van der Waals surface area contributed by atoms with Gasteiger partial charge in [0.2, 0.25) is 0 Å². The van der Waals surface area contributed by atoms with Crippen molar-refractivity contribution in [2.45, 2.75) is 25.4 Å². The molecule has 1 aromatic heterocycles. The van der Waals surface area contributed by atoms with Crippen molar-refractivity contribution in [3.63, 3.8) is 0 Å².